The Hall–Kier alpha value is -2.21. The Morgan fingerprint density at radius 3 is 2.55 bits per heavy atom. The Morgan fingerprint density at radius 1 is 1.16 bits per heavy atom. The Kier molecular flexibility index (Phi) is 6.75. The Bertz CT molecular complexity index is 928. The number of hydrogen-bond acceptors (Lipinski definition) is 4. The summed E-state index contributed by atoms with van der Waals surface area (Å²) in [5.41, 5.74) is 3.04. The first-order valence-corrected chi connectivity index (χ1v) is 11.5. The van der Waals surface area contributed by atoms with Crippen LogP contribution in [-0.4, -0.2) is 59.1 Å². The molecule has 2 aromatic rings. The van der Waals surface area contributed by atoms with Crippen LogP contribution >= 0.6 is 11.6 Å². The van der Waals surface area contributed by atoms with E-state index in [9.17, 15) is 4.79 Å². The van der Waals surface area contributed by atoms with Gasteiger partial charge in [0.15, 0.2) is 0 Å². The fourth-order valence-electron chi connectivity index (χ4n) is 4.74. The van der Waals surface area contributed by atoms with Gasteiger partial charge in [-0.1, -0.05) is 37.6 Å². The lowest BCUT2D eigenvalue weighted by molar-refractivity contribution is -0.135. The van der Waals surface area contributed by atoms with Crippen LogP contribution in [0.4, 0.5) is 0 Å². The van der Waals surface area contributed by atoms with Crippen LogP contribution in [0.25, 0.3) is 5.57 Å². The van der Waals surface area contributed by atoms with Gasteiger partial charge >= 0.3 is 0 Å². The molecule has 3 heterocycles. The number of halogens is 1. The topological polar surface area (TPSA) is 48.5 Å². The number of likely N-dealkylation sites (N-methyl/N-ethyl adjacent to an activating group) is 1. The molecule has 164 valence electrons. The molecule has 1 fully saturated rings. The van der Waals surface area contributed by atoms with Crippen molar-refractivity contribution in [2.45, 2.75) is 50.9 Å². The van der Waals surface area contributed by atoms with Crippen molar-refractivity contribution in [3.8, 4) is 0 Å². The van der Waals surface area contributed by atoms with E-state index in [0.717, 1.165) is 42.6 Å². The van der Waals surface area contributed by atoms with Gasteiger partial charge in [0, 0.05) is 49.6 Å². The van der Waals surface area contributed by atoms with E-state index < -0.39 is 0 Å². The second kappa shape index (κ2) is 9.51. The van der Waals surface area contributed by atoms with Crippen molar-refractivity contribution >= 4 is 23.1 Å². The molecule has 0 spiro atoms. The van der Waals surface area contributed by atoms with Gasteiger partial charge in [0.1, 0.15) is 6.17 Å². The number of likely N-dealkylation sites (tertiary alicyclic amines) is 1. The number of rotatable bonds is 6. The van der Waals surface area contributed by atoms with Crippen LogP contribution in [0.1, 0.15) is 43.7 Å². The van der Waals surface area contributed by atoms with Gasteiger partial charge in [-0.05, 0) is 59.9 Å². The van der Waals surface area contributed by atoms with Crippen LogP contribution in [0.3, 0.4) is 0 Å². The van der Waals surface area contributed by atoms with Crippen molar-refractivity contribution in [1.82, 2.24) is 20.1 Å². The number of hydrogen-bond donors (Lipinski definition) is 1. The molecule has 0 bridgehead atoms. The molecule has 1 aromatic heterocycles. The summed E-state index contributed by atoms with van der Waals surface area (Å²) >= 11 is 6.12. The number of carbonyl (C=O) groups is 1. The first kappa shape index (κ1) is 22.0. The van der Waals surface area contributed by atoms with E-state index >= 15 is 0 Å². The van der Waals surface area contributed by atoms with Crippen molar-refractivity contribution in [3.05, 3.63) is 71.0 Å². The zero-order valence-electron chi connectivity index (χ0n) is 18.5. The molecule has 0 radical (unpaired) electrons. The van der Waals surface area contributed by atoms with Crippen molar-refractivity contribution < 1.29 is 4.79 Å². The van der Waals surface area contributed by atoms with Gasteiger partial charge in [0.2, 0.25) is 5.91 Å². The SMILES string of the molecule is CC(C)NCC1CCCN1C1C=C(c2ccncc2)C(c2ccc(Cl)cc2)C(=O)N1C. The molecule has 1 aromatic carbocycles. The van der Waals surface area contributed by atoms with Gasteiger partial charge < -0.3 is 10.2 Å². The molecule has 6 heteroatoms. The van der Waals surface area contributed by atoms with Crippen LogP contribution in [0.2, 0.25) is 5.02 Å². The van der Waals surface area contributed by atoms with E-state index in [2.05, 4.69) is 35.1 Å². The first-order chi connectivity index (χ1) is 15.0. The zero-order chi connectivity index (χ0) is 22.0. The summed E-state index contributed by atoms with van der Waals surface area (Å²) in [6, 6.07) is 12.5. The van der Waals surface area contributed by atoms with Crippen LogP contribution in [0.5, 0.6) is 0 Å². The minimum atomic E-state index is -0.351. The molecule has 2 aliphatic heterocycles. The van der Waals surface area contributed by atoms with Gasteiger partial charge in [0.05, 0.1) is 5.92 Å². The Balaban J connectivity index is 1.73. The van der Waals surface area contributed by atoms with Gasteiger partial charge in [-0.3, -0.25) is 14.7 Å². The van der Waals surface area contributed by atoms with Crippen molar-refractivity contribution in [1.29, 1.82) is 0 Å². The summed E-state index contributed by atoms with van der Waals surface area (Å²) in [5.74, 6) is -0.236. The molecule has 31 heavy (non-hydrogen) atoms. The second-order valence-corrected chi connectivity index (χ2v) is 9.24. The molecule has 0 saturated carbocycles. The number of nitrogens with zero attached hydrogens (tertiary/aromatic N) is 3. The maximum absolute atomic E-state index is 13.7. The summed E-state index contributed by atoms with van der Waals surface area (Å²) in [4.78, 5) is 22.3. The van der Waals surface area contributed by atoms with Crippen LogP contribution in [-0.2, 0) is 4.79 Å². The summed E-state index contributed by atoms with van der Waals surface area (Å²) in [6.45, 7) is 6.29. The first-order valence-electron chi connectivity index (χ1n) is 11.1. The van der Waals surface area contributed by atoms with Crippen LogP contribution in [0.15, 0.2) is 54.9 Å². The highest BCUT2D eigenvalue weighted by Gasteiger charge is 2.41. The third kappa shape index (κ3) is 4.69. The highest BCUT2D eigenvalue weighted by Crippen LogP contribution is 2.40. The maximum Gasteiger partial charge on any atom is 0.235 e. The molecule has 1 N–H and O–H groups in total. The van der Waals surface area contributed by atoms with E-state index in [1.54, 1.807) is 12.4 Å². The number of amides is 1. The lowest BCUT2D eigenvalue weighted by Crippen LogP contribution is -2.55. The normalized spacial score (nSPS) is 24.7. The zero-order valence-corrected chi connectivity index (χ0v) is 19.2. The quantitative estimate of drug-likeness (QED) is 0.735. The van der Waals surface area contributed by atoms with E-state index in [-0.39, 0.29) is 18.0 Å². The third-order valence-electron chi connectivity index (χ3n) is 6.37. The molecule has 3 unspecified atom stereocenters. The fourth-order valence-corrected chi connectivity index (χ4v) is 4.86. The highest BCUT2D eigenvalue weighted by atomic mass is 35.5. The molecule has 0 aliphatic carbocycles. The standard InChI is InChI=1S/C25H31ClN4O/c1-17(2)28-16-21-5-4-14-30(21)23-15-22(18-10-12-27-13-11-18)24(25(31)29(23)3)19-6-8-20(26)9-7-19/h6-13,15,17,21,23-24,28H,4-5,14,16H2,1-3H3. The Labute approximate surface area is 190 Å². The van der Waals surface area contributed by atoms with Crippen molar-refractivity contribution in [2.75, 3.05) is 20.1 Å². The molecule has 5 nitrogen and oxygen atoms in total. The monoisotopic (exact) mass is 438 g/mol. The van der Waals surface area contributed by atoms with Gasteiger partial charge in [-0.25, -0.2) is 0 Å². The smallest absolute Gasteiger partial charge is 0.235 e. The van der Waals surface area contributed by atoms with Crippen LogP contribution < -0.4 is 5.32 Å². The lowest BCUT2D eigenvalue weighted by atomic mass is 9.82. The number of benzene rings is 1. The number of carbonyl (C=O) groups excluding carboxylic acids is 1. The molecule has 3 atom stereocenters. The predicted octanol–water partition coefficient (Wildman–Crippen LogP) is 4.16. The predicted molar refractivity (Wildman–Crippen MR) is 126 cm³/mol. The van der Waals surface area contributed by atoms with E-state index in [1.165, 1.54) is 0 Å². The summed E-state index contributed by atoms with van der Waals surface area (Å²) in [6.07, 6.45) is 8.11. The summed E-state index contributed by atoms with van der Waals surface area (Å²) < 4.78 is 0. The maximum atomic E-state index is 13.7. The minimum absolute atomic E-state index is 0.0549. The molecular weight excluding hydrogens is 408 g/mol. The average Bonchev–Trinajstić information content (AvgIpc) is 3.24. The molecule has 1 saturated heterocycles. The summed E-state index contributed by atoms with van der Waals surface area (Å²) in [5, 5.41) is 4.25. The molecular formula is C25H31ClN4O. The van der Waals surface area contributed by atoms with Gasteiger partial charge in [-0.2, -0.15) is 0 Å². The number of aromatic nitrogens is 1. The molecule has 2 aliphatic rings. The van der Waals surface area contributed by atoms with Gasteiger partial charge in [0.25, 0.3) is 0 Å². The Morgan fingerprint density at radius 2 is 1.87 bits per heavy atom. The van der Waals surface area contributed by atoms with E-state index in [4.69, 9.17) is 11.6 Å². The van der Waals surface area contributed by atoms with Crippen molar-refractivity contribution in [3.63, 3.8) is 0 Å². The van der Waals surface area contributed by atoms with E-state index in [0.29, 0.717) is 17.1 Å². The number of pyridine rings is 1. The summed E-state index contributed by atoms with van der Waals surface area (Å²) in [7, 11) is 1.93. The second-order valence-electron chi connectivity index (χ2n) is 8.80. The highest BCUT2D eigenvalue weighted by molar-refractivity contribution is 6.30. The third-order valence-corrected chi connectivity index (χ3v) is 6.62. The molecule has 1 amide bonds. The fraction of sp³-hybridized carbons (Fsp3) is 0.440. The average molecular weight is 439 g/mol. The minimum Gasteiger partial charge on any atom is -0.326 e. The number of nitrogens with one attached hydrogen (secondary N) is 1. The van der Waals surface area contributed by atoms with Crippen molar-refractivity contribution in [2.24, 2.45) is 0 Å². The lowest BCUT2D eigenvalue weighted by Gasteiger charge is -2.43. The molecule has 4 rings (SSSR count). The van der Waals surface area contributed by atoms with Gasteiger partial charge in [-0.15, -0.1) is 0 Å². The largest absolute Gasteiger partial charge is 0.326 e. The van der Waals surface area contributed by atoms with Crippen LogP contribution in [0, 0.1) is 0 Å². The van der Waals surface area contributed by atoms with E-state index in [1.807, 2.05) is 48.3 Å².